The van der Waals surface area contributed by atoms with Gasteiger partial charge in [-0.3, -0.25) is 4.79 Å². The summed E-state index contributed by atoms with van der Waals surface area (Å²) < 4.78 is 35.7. The van der Waals surface area contributed by atoms with Crippen LogP contribution in [0.1, 0.15) is 14.5 Å². The lowest BCUT2D eigenvalue weighted by molar-refractivity contribution is -0.119. The first-order chi connectivity index (χ1) is 12.6. The zero-order chi connectivity index (χ0) is 20.2. The van der Waals surface area contributed by atoms with Crippen molar-refractivity contribution in [3.05, 3.63) is 40.1 Å². The smallest absolute Gasteiger partial charge is 0.348 e. The number of benzene rings is 1. The van der Waals surface area contributed by atoms with Gasteiger partial charge in [-0.1, -0.05) is 0 Å². The molecule has 1 aromatic carbocycles. The molecule has 1 amide bonds. The van der Waals surface area contributed by atoms with Gasteiger partial charge in [0, 0.05) is 19.0 Å². The van der Waals surface area contributed by atoms with E-state index in [4.69, 9.17) is 9.47 Å². The summed E-state index contributed by atoms with van der Waals surface area (Å²) in [6.07, 6.45) is 0. The van der Waals surface area contributed by atoms with Crippen molar-refractivity contribution in [3.8, 4) is 5.75 Å². The van der Waals surface area contributed by atoms with E-state index in [9.17, 15) is 18.0 Å². The van der Waals surface area contributed by atoms with E-state index in [0.29, 0.717) is 4.88 Å². The fourth-order valence-corrected chi connectivity index (χ4v) is 3.78. The zero-order valence-electron chi connectivity index (χ0n) is 15.3. The average Bonchev–Trinajstić information content (AvgIpc) is 3.06. The van der Waals surface area contributed by atoms with Gasteiger partial charge >= 0.3 is 5.97 Å². The Balaban J connectivity index is 2.11. The van der Waals surface area contributed by atoms with Gasteiger partial charge in [-0.15, -0.1) is 11.3 Å². The second-order valence-electron chi connectivity index (χ2n) is 5.68. The lowest BCUT2D eigenvalue weighted by Crippen LogP contribution is -2.23. The maximum Gasteiger partial charge on any atom is 0.348 e. The molecule has 27 heavy (non-hydrogen) atoms. The minimum atomic E-state index is -3.68. The topological polar surface area (TPSA) is 102 Å². The molecule has 0 atom stereocenters. The van der Waals surface area contributed by atoms with Gasteiger partial charge < -0.3 is 14.8 Å². The molecule has 0 aliphatic carbocycles. The molecule has 0 fully saturated rings. The van der Waals surface area contributed by atoms with Crippen LogP contribution in [0.25, 0.3) is 0 Å². The maximum absolute atomic E-state index is 12.2. The van der Waals surface area contributed by atoms with E-state index in [2.05, 4.69) is 5.32 Å². The number of carbonyl (C=O) groups is 2. The number of nitrogens with zero attached hydrogens (tertiary/aromatic N) is 1. The molecule has 0 radical (unpaired) electrons. The first kappa shape index (κ1) is 20.9. The van der Waals surface area contributed by atoms with Crippen LogP contribution in [0.2, 0.25) is 0 Å². The highest BCUT2D eigenvalue weighted by Crippen LogP contribution is 2.28. The van der Waals surface area contributed by atoms with Gasteiger partial charge in [-0.25, -0.2) is 17.5 Å². The number of ether oxygens (including phenoxy) is 2. The van der Waals surface area contributed by atoms with Crippen LogP contribution in [0.4, 0.5) is 5.69 Å². The van der Waals surface area contributed by atoms with Crippen molar-refractivity contribution < 1.29 is 27.5 Å². The summed E-state index contributed by atoms with van der Waals surface area (Å²) >= 11 is 1.27. The van der Waals surface area contributed by atoms with E-state index in [-0.39, 0.29) is 16.3 Å². The molecule has 0 spiro atoms. The largest absolute Gasteiger partial charge is 0.495 e. The molecule has 8 nitrogen and oxygen atoms in total. The van der Waals surface area contributed by atoms with Gasteiger partial charge in [0.15, 0.2) is 6.61 Å². The Kier molecular flexibility index (Phi) is 6.58. The van der Waals surface area contributed by atoms with Crippen molar-refractivity contribution >= 4 is 38.9 Å². The lowest BCUT2D eigenvalue weighted by Gasteiger charge is -2.15. The minimum Gasteiger partial charge on any atom is -0.495 e. The van der Waals surface area contributed by atoms with Crippen molar-refractivity contribution in [1.82, 2.24) is 4.31 Å². The summed E-state index contributed by atoms with van der Waals surface area (Å²) in [4.78, 5) is 25.4. The van der Waals surface area contributed by atoms with Crippen molar-refractivity contribution in [1.29, 1.82) is 0 Å². The maximum atomic E-state index is 12.2. The first-order valence-corrected chi connectivity index (χ1v) is 10.0. The van der Waals surface area contributed by atoms with Gasteiger partial charge in [0.1, 0.15) is 10.6 Å². The second-order valence-corrected chi connectivity index (χ2v) is 9.12. The summed E-state index contributed by atoms with van der Waals surface area (Å²) in [6, 6.07) is 7.51. The Hall–Kier alpha value is -2.43. The number of carbonyl (C=O) groups excluding carboxylic acids is 2. The van der Waals surface area contributed by atoms with Gasteiger partial charge in [-0.2, -0.15) is 0 Å². The highest BCUT2D eigenvalue weighted by molar-refractivity contribution is 7.89. The molecule has 1 heterocycles. The number of esters is 1. The number of rotatable bonds is 7. The third-order valence-corrected chi connectivity index (χ3v) is 6.29. The summed E-state index contributed by atoms with van der Waals surface area (Å²) in [5.41, 5.74) is 0.161. The van der Waals surface area contributed by atoms with E-state index in [1.165, 1.54) is 50.7 Å². The number of amides is 1. The van der Waals surface area contributed by atoms with Crippen LogP contribution in [-0.4, -0.2) is 52.4 Å². The number of hydrogen-bond acceptors (Lipinski definition) is 7. The standard InChI is InChI=1S/C17H20N2O6S2/c1-11-5-8-15(26-11)17(21)25-10-16(20)18-13-9-12(6-7-14(13)24-4)27(22,23)19(2)3/h5-9H,10H2,1-4H3,(H,18,20). The van der Waals surface area contributed by atoms with E-state index >= 15 is 0 Å². The van der Waals surface area contributed by atoms with E-state index in [1.807, 2.05) is 6.92 Å². The Bertz CT molecular complexity index is 950. The van der Waals surface area contributed by atoms with Crippen molar-refractivity contribution in [2.75, 3.05) is 33.1 Å². The predicted molar refractivity (Wildman–Crippen MR) is 102 cm³/mol. The van der Waals surface area contributed by atoms with Crippen LogP contribution < -0.4 is 10.1 Å². The third-order valence-electron chi connectivity index (χ3n) is 3.50. The van der Waals surface area contributed by atoms with Gasteiger partial charge in [-0.05, 0) is 37.3 Å². The Morgan fingerprint density at radius 1 is 1.19 bits per heavy atom. The number of thiophene rings is 1. The first-order valence-electron chi connectivity index (χ1n) is 7.79. The van der Waals surface area contributed by atoms with E-state index < -0.39 is 28.5 Å². The molecule has 0 saturated carbocycles. The van der Waals surface area contributed by atoms with Gasteiger partial charge in [0.2, 0.25) is 10.0 Å². The number of methoxy groups -OCH3 is 1. The fraction of sp³-hybridized carbons (Fsp3) is 0.294. The number of nitrogens with one attached hydrogen (secondary N) is 1. The third kappa shape index (κ3) is 5.06. The lowest BCUT2D eigenvalue weighted by atomic mass is 10.3. The fourth-order valence-electron chi connectivity index (χ4n) is 2.09. The molecular formula is C17H20N2O6S2. The molecule has 10 heteroatoms. The molecule has 0 saturated heterocycles. The van der Waals surface area contributed by atoms with E-state index in [1.54, 1.807) is 12.1 Å². The van der Waals surface area contributed by atoms with E-state index in [0.717, 1.165) is 9.18 Å². The summed E-state index contributed by atoms with van der Waals surface area (Å²) in [5, 5.41) is 2.50. The van der Waals surface area contributed by atoms with Crippen molar-refractivity contribution in [3.63, 3.8) is 0 Å². The van der Waals surface area contributed by atoms with Gasteiger partial charge in [0.05, 0.1) is 17.7 Å². The molecule has 1 N–H and O–H groups in total. The number of anilines is 1. The summed E-state index contributed by atoms with van der Waals surface area (Å²) in [5.74, 6) is -0.935. The highest BCUT2D eigenvalue weighted by atomic mass is 32.2. The SMILES string of the molecule is COc1ccc(S(=O)(=O)N(C)C)cc1NC(=O)COC(=O)c1ccc(C)s1. The van der Waals surface area contributed by atoms with Crippen LogP contribution in [-0.2, 0) is 19.6 Å². The molecule has 0 unspecified atom stereocenters. The Morgan fingerprint density at radius 3 is 2.44 bits per heavy atom. The molecule has 2 rings (SSSR count). The van der Waals surface area contributed by atoms with Crippen molar-refractivity contribution in [2.24, 2.45) is 0 Å². The number of hydrogen-bond donors (Lipinski definition) is 1. The molecule has 0 aliphatic heterocycles. The highest BCUT2D eigenvalue weighted by Gasteiger charge is 2.20. The quantitative estimate of drug-likeness (QED) is 0.699. The monoisotopic (exact) mass is 412 g/mol. The number of aryl methyl sites for hydroxylation is 1. The number of sulfonamides is 1. The van der Waals surface area contributed by atoms with Crippen LogP contribution >= 0.6 is 11.3 Å². The minimum absolute atomic E-state index is 0.00495. The van der Waals surface area contributed by atoms with Crippen LogP contribution in [0, 0.1) is 6.92 Å². The summed E-state index contributed by atoms with van der Waals surface area (Å²) in [7, 11) is 0.529. The zero-order valence-corrected chi connectivity index (χ0v) is 16.9. The molecule has 0 bridgehead atoms. The second kappa shape index (κ2) is 8.51. The molecule has 2 aromatic rings. The molecule has 146 valence electrons. The van der Waals surface area contributed by atoms with Crippen LogP contribution in [0.3, 0.4) is 0 Å². The summed E-state index contributed by atoms with van der Waals surface area (Å²) in [6.45, 7) is 1.35. The van der Waals surface area contributed by atoms with Crippen LogP contribution in [0.15, 0.2) is 35.2 Å². The normalized spacial score (nSPS) is 11.3. The average molecular weight is 412 g/mol. The Morgan fingerprint density at radius 2 is 1.89 bits per heavy atom. The molecular weight excluding hydrogens is 392 g/mol. The van der Waals surface area contributed by atoms with Crippen molar-refractivity contribution in [2.45, 2.75) is 11.8 Å². The van der Waals surface area contributed by atoms with Crippen LogP contribution in [0.5, 0.6) is 5.75 Å². The Labute approximate surface area is 161 Å². The predicted octanol–water partition coefficient (Wildman–Crippen LogP) is 2.11. The molecule has 0 aliphatic rings. The molecule has 1 aromatic heterocycles. The van der Waals surface area contributed by atoms with Gasteiger partial charge in [0.25, 0.3) is 5.91 Å².